The number of rotatable bonds is 8. The summed E-state index contributed by atoms with van der Waals surface area (Å²) in [6.07, 6.45) is -1.34. The number of carbonyl (C=O) groups excluding carboxylic acids is 1. The van der Waals surface area contributed by atoms with E-state index in [1.807, 2.05) is 6.92 Å². The zero-order valence-electron chi connectivity index (χ0n) is 20.3. The topological polar surface area (TPSA) is 99.5 Å². The number of halogens is 4. The fraction of sp³-hybridized carbons (Fsp3) is 0.560. The van der Waals surface area contributed by atoms with Crippen molar-refractivity contribution in [2.45, 2.75) is 63.2 Å². The third-order valence-corrected chi connectivity index (χ3v) is 7.57. The first-order valence-electron chi connectivity index (χ1n) is 12.5. The molecule has 2 aromatic rings. The number of carbonyl (C=O) groups is 2. The minimum Gasteiger partial charge on any atom is -0.478 e. The Morgan fingerprint density at radius 2 is 2.00 bits per heavy atom. The van der Waals surface area contributed by atoms with Gasteiger partial charge in [0.2, 0.25) is 5.91 Å². The molecule has 5 rings (SSSR count). The number of carboxylic acids is 1. The number of aromatic carboxylic acids is 1. The lowest BCUT2D eigenvalue weighted by atomic mass is 10.1. The maximum absolute atomic E-state index is 13.6. The van der Waals surface area contributed by atoms with Gasteiger partial charge >= 0.3 is 12.1 Å². The van der Waals surface area contributed by atoms with Gasteiger partial charge in [-0.1, -0.05) is 24.4 Å². The molecule has 1 aromatic carbocycles. The Balaban J connectivity index is 1.46. The molecule has 0 bridgehead atoms. The number of alkyl halides is 3. The van der Waals surface area contributed by atoms with Gasteiger partial charge in [0, 0.05) is 37.3 Å². The van der Waals surface area contributed by atoms with Gasteiger partial charge in [-0.15, -0.1) is 0 Å². The summed E-state index contributed by atoms with van der Waals surface area (Å²) in [5.74, 6) is -1.80. The molecule has 1 aliphatic heterocycles. The second-order valence-corrected chi connectivity index (χ2v) is 10.7. The van der Waals surface area contributed by atoms with Crippen molar-refractivity contribution in [2.75, 3.05) is 29.9 Å². The number of benzene rings is 1. The molecule has 37 heavy (non-hydrogen) atoms. The molecule has 3 N–H and O–H groups in total. The van der Waals surface area contributed by atoms with Gasteiger partial charge in [0.1, 0.15) is 6.04 Å². The number of carboxylic acid groups (broad SMARTS) is 1. The Kier molecular flexibility index (Phi) is 6.86. The van der Waals surface area contributed by atoms with Crippen LogP contribution in [0.4, 0.5) is 24.5 Å². The van der Waals surface area contributed by atoms with Gasteiger partial charge in [-0.3, -0.25) is 9.48 Å². The van der Waals surface area contributed by atoms with Crippen molar-refractivity contribution in [3.05, 3.63) is 40.2 Å². The summed E-state index contributed by atoms with van der Waals surface area (Å²) >= 11 is 6.16. The first-order valence-corrected chi connectivity index (χ1v) is 12.9. The highest BCUT2D eigenvalue weighted by Gasteiger charge is 2.44. The average molecular weight is 540 g/mol. The zero-order valence-corrected chi connectivity index (χ0v) is 21.1. The predicted molar refractivity (Wildman–Crippen MR) is 132 cm³/mol. The first-order chi connectivity index (χ1) is 17.5. The largest absolute Gasteiger partial charge is 0.478 e. The van der Waals surface area contributed by atoms with Crippen LogP contribution in [0.1, 0.15) is 72.7 Å². The number of nitrogens with one attached hydrogen (secondary N) is 2. The van der Waals surface area contributed by atoms with E-state index in [9.17, 15) is 27.9 Å². The molecule has 2 atom stereocenters. The normalized spacial score (nSPS) is 21.1. The Morgan fingerprint density at radius 3 is 2.59 bits per heavy atom. The van der Waals surface area contributed by atoms with E-state index in [0.29, 0.717) is 32.4 Å². The van der Waals surface area contributed by atoms with Crippen LogP contribution >= 0.6 is 11.6 Å². The van der Waals surface area contributed by atoms with Crippen molar-refractivity contribution in [2.24, 2.45) is 5.92 Å². The Morgan fingerprint density at radius 1 is 1.27 bits per heavy atom. The van der Waals surface area contributed by atoms with Crippen LogP contribution in [0, 0.1) is 5.92 Å². The monoisotopic (exact) mass is 539 g/mol. The molecule has 2 aliphatic carbocycles. The second-order valence-electron chi connectivity index (χ2n) is 10.3. The van der Waals surface area contributed by atoms with E-state index in [-0.39, 0.29) is 34.8 Å². The molecular weight excluding hydrogens is 511 g/mol. The highest BCUT2D eigenvalue weighted by molar-refractivity contribution is 6.32. The summed E-state index contributed by atoms with van der Waals surface area (Å²) in [5, 5.41) is 19.2. The molecule has 3 aliphatic rings. The predicted octanol–water partition coefficient (Wildman–Crippen LogP) is 4.91. The van der Waals surface area contributed by atoms with Gasteiger partial charge in [0.05, 0.1) is 22.0 Å². The first kappa shape index (κ1) is 25.8. The lowest BCUT2D eigenvalue weighted by Gasteiger charge is -2.34. The zero-order chi connectivity index (χ0) is 26.5. The summed E-state index contributed by atoms with van der Waals surface area (Å²) in [6, 6.07) is 4.02. The van der Waals surface area contributed by atoms with E-state index in [1.54, 1.807) is 6.07 Å². The van der Waals surface area contributed by atoms with Gasteiger partial charge in [0.25, 0.3) is 0 Å². The summed E-state index contributed by atoms with van der Waals surface area (Å²) in [7, 11) is 0. The fourth-order valence-electron chi connectivity index (χ4n) is 4.95. The van der Waals surface area contributed by atoms with Crippen molar-refractivity contribution in [1.29, 1.82) is 0 Å². The van der Waals surface area contributed by atoms with Gasteiger partial charge in [-0.25, -0.2) is 4.79 Å². The number of anilines is 2. The van der Waals surface area contributed by atoms with E-state index in [4.69, 9.17) is 11.6 Å². The number of nitrogens with zero attached hydrogens (tertiary/aromatic N) is 3. The van der Waals surface area contributed by atoms with E-state index in [0.717, 1.165) is 29.8 Å². The number of hydrogen-bond acceptors (Lipinski definition) is 5. The van der Waals surface area contributed by atoms with E-state index < -0.39 is 34.8 Å². The van der Waals surface area contributed by atoms with Crippen LogP contribution in [0.2, 0.25) is 5.02 Å². The molecule has 0 radical (unpaired) electrons. The molecule has 2 heterocycles. The SMILES string of the molecule is C[C@H]1CN(c2ccc(NC(=O)[C@H](CC3CC3)n3nc(C(F)(F)F)c(Cl)c3C3CC3)c(C(=O)O)c2)CCN1. The third kappa shape index (κ3) is 5.57. The second kappa shape index (κ2) is 9.83. The number of aromatic nitrogens is 2. The summed E-state index contributed by atoms with van der Waals surface area (Å²) in [6.45, 7) is 4.23. The van der Waals surface area contributed by atoms with Crippen molar-refractivity contribution in [3.63, 3.8) is 0 Å². The van der Waals surface area contributed by atoms with Crippen LogP contribution in [-0.2, 0) is 11.0 Å². The Labute approximate surface area is 217 Å². The molecule has 1 amide bonds. The maximum Gasteiger partial charge on any atom is 0.436 e. The van der Waals surface area contributed by atoms with Crippen LogP contribution in [0.5, 0.6) is 0 Å². The summed E-state index contributed by atoms with van der Waals surface area (Å²) in [4.78, 5) is 27.7. The van der Waals surface area contributed by atoms with Crippen LogP contribution in [-0.4, -0.2) is 52.4 Å². The molecule has 0 unspecified atom stereocenters. The van der Waals surface area contributed by atoms with Gasteiger partial charge in [-0.05, 0) is 50.3 Å². The molecule has 8 nitrogen and oxygen atoms in total. The molecule has 1 saturated heterocycles. The number of hydrogen-bond donors (Lipinski definition) is 3. The van der Waals surface area contributed by atoms with E-state index >= 15 is 0 Å². The van der Waals surface area contributed by atoms with E-state index in [2.05, 4.69) is 20.6 Å². The lowest BCUT2D eigenvalue weighted by molar-refractivity contribution is -0.141. The minimum atomic E-state index is -4.75. The van der Waals surface area contributed by atoms with Gasteiger partial charge < -0.3 is 20.6 Å². The number of piperazine rings is 1. The fourth-order valence-corrected chi connectivity index (χ4v) is 5.34. The van der Waals surface area contributed by atoms with Crippen LogP contribution < -0.4 is 15.5 Å². The van der Waals surface area contributed by atoms with Crippen LogP contribution in [0.25, 0.3) is 0 Å². The molecule has 1 aromatic heterocycles. The van der Waals surface area contributed by atoms with Crippen LogP contribution in [0.3, 0.4) is 0 Å². The smallest absolute Gasteiger partial charge is 0.436 e. The Bertz CT molecular complexity index is 1210. The van der Waals surface area contributed by atoms with Gasteiger partial charge in [0.15, 0.2) is 5.69 Å². The summed E-state index contributed by atoms with van der Waals surface area (Å²) < 4.78 is 42.1. The van der Waals surface area contributed by atoms with E-state index in [1.165, 1.54) is 12.1 Å². The number of amides is 1. The maximum atomic E-state index is 13.6. The van der Waals surface area contributed by atoms with Crippen molar-refractivity contribution < 1.29 is 27.9 Å². The van der Waals surface area contributed by atoms with Gasteiger partial charge in [-0.2, -0.15) is 18.3 Å². The molecule has 0 spiro atoms. The Hall–Kier alpha value is -2.79. The standard InChI is InChI=1S/C25H29ClF3N5O3/c1-13-12-33(9-8-30-13)16-6-7-18(17(11-16)24(36)37)31-23(35)19(10-14-2-3-14)34-21(15-4-5-15)20(26)22(32-34)25(27,28)29/h6-7,11,13-15,19,30H,2-5,8-10,12H2,1H3,(H,31,35)(H,36,37)/t13-,19-/m0/s1. The molecule has 2 saturated carbocycles. The highest BCUT2D eigenvalue weighted by atomic mass is 35.5. The molecule has 200 valence electrons. The molecule has 12 heteroatoms. The summed E-state index contributed by atoms with van der Waals surface area (Å²) in [5.41, 5.74) is -0.225. The van der Waals surface area contributed by atoms with Crippen molar-refractivity contribution in [3.8, 4) is 0 Å². The quantitative estimate of drug-likeness (QED) is 0.441. The molecule has 3 fully saturated rings. The highest BCUT2D eigenvalue weighted by Crippen LogP contribution is 2.49. The lowest BCUT2D eigenvalue weighted by Crippen LogP contribution is -2.49. The molecular formula is C25H29ClF3N5O3. The minimum absolute atomic E-state index is 0.0842. The van der Waals surface area contributed by atoms with Crippen LogP contribution in [0.15, 0.2) is 18.2 Å². The van der Waals surface area contributed by atoms with Crippen molar-refractivity contribution in [1.82, 2.24) is 15.1 Å². The van der Waals surface area contributed by atoms with Crippen molar-refractivity contribution >= 4 is 34.9 Å². The average Bonchev–Trinajstić information content (AvgIpc) is 3.76. The third-order valence-electron chi connectivity index (χ3n) is 7.20.